The van der Waals surface area contributed by atoms with E-state index in [0.29, 0.717) is 11.3 Å². The third kappa shape index (κ3) is 4.94. The third-order valence-electron chi connectivity index (χ3n) is 5.35. The molecule has 0 aliphatic carbocycles. The van der Waals surface area contributed by atoms with E-state index in [0.717, 1.165) is 18.3 Å². The van der Waals surface area contributed by atoms with E-state index in [1.807, 2.05) is 6.07 Å². The molecular weight excluding hydrogens is 677 g/mol. The number of benzene rings is 2. The highest BCUT2D eigenvalue weighted by molar-refractivity contribution is 14.1. The van der Waals surface area contributed by atoms with Crippen LogP contribution in [0.4, 0.5) is 4.39 Å². The highest BCUT2D eigenvalue weighted by Gasteiger charge is 2.37. The quantitative estimate of drug-likeness (QED) is 0.290. The van der Waals surface area contributed by atoms with Gasteiger partial charge in [-0.15, -0.1) is 0 Å². The Morgan fingerprint density at radius 3 is 2.70 bits per heavy atom. The molecule has 0 saturated heterocycles. The van der Waals surface area contributed by atoms with E-state index in [2.05, 4.69) is 50.2 Å². The molecule has 1 aliphatic rings. The molecule has 0 unspecified atom stereocenters. The summed E-state index contributed by atoms with van der Waals surface area (Å²) in [6.45, 7) is 0.116. The van der Waals surface area contributed by atoms with Gasteiger partial charge in [-0.3, -0.25) is 4.79 Å². The van der Waals surface area contributed by atoms with E-state index in [1.165, 1.54) is 23.2 Å². The van der Waals surface area contributed by atoms with Gasteiger partial charge >= 0.3 is 5.97 Å². The minimum Gasteiger partial charge on any atom is -0.487 e. The topological polar surface area (TPSA) is 79.7 Å². The van der Waals surface area contributed by atoms with Crippen molar-refractivity contribution in [3.63, 3.8) is 0 Å². The minimum absolute atomic E-state index is 0.0173. The monoisotopic (exact) mass is 692 g/mol. The zero-order valence-electron chi connectivity index (χ0n) is 16.9. The van der Waals surface area contributed by atoms with Crippen LogP contribution < -0.4 is 4.74 Å². The van der Waals surface area contributed by atoms with Crippen LogP contribution in [0, 0.1) is 13.0 Å². The lowest BCUT2D eigenvalue weighted by Crippen LogP contribution is -2.49. The Morgan fingerprint density at radius 2 is 2.00 bits per heavy atom. The summed E-state index contributed by atoms with van der Waals surface area (Å²) in [6, 6.07) is 10.3. The van der Waals surface area contributed by atoms with Gasteiger partial charge in [0.05, 0.1) is 12.7 Å². The number of carboxylic acid groups (broad SMARTS) is 1. The Kier molecular flexibility index (Phi) is 7.39. The number of carboxylic acids is 1. The molecule has 0 fully saturated rings. The lowest BCUT2D eigenvalue weighted by molar-refractivity contribution is -0.142. The second-order valence-electron chi connectivity index (χ2n) is 7.35. The maximum atomic E-state index is 14.0. The van der Waals surface area contributed by atoms with Crippen LogP contribution in [0.15, 0.2) is 48.7 Å². The first-order valence-electron chi connectivity index (χ1n) is 9.78. The van der Waals surface area contributed by atoms with Crippen molar-refractivity contribution < 1.29 is 23.8 Å². The number of aromatic nitrogens is 1. The molecule has 1 aromatic heterocycles. The van der Waals surface area contributed by atoms with Gasteiger partial charge in [0, 0.05) is 24.7 Å². The van der Waals surface area contributed by atoms with Crippen molar-refractivity contribution in [2.75, 3.05) is 0 Å². The Morgan fingerprint density at radius 1 is 1.24 bits per heavy atom. The number of hydrogen-bond donors (Lipinski definition) is 1. The number of halogens is 4. The predicted octanol–water partition coefficient (Wildman–Crippen LogP) is 5.31. The molecule has 0 radical (unpaired) electrons. The van der Waals surface area contributed by atoms with Crippen molar-refractivity contribution in [2.24, 2.45) is 0 Å². The summed E-state index contributed by atoms with van der Waals surface area (Å²) in [4.78, 5) is 30.5. The summed E-state index contributed by atoms with van der Waals surface area (Å²) in [6.07, 6.45) is 1.61. The normalized spacial score (nSPS) is 15.2. The molecule has 1 amide bonds. The molecule has 0 bridgehead atoms. The number of pyridine rings is 1. The van der Waals surface area contributed by atoms with Crippen molar-refractivity contribution >= 4 is 68.7 Å². The summed E-state index contributed by atoms with van der Waals surface area (Å²) >= 11 is 10.4. The first-order valence-corrected chi connectivity index (χ1v) is 12.3. The fourth-order valence-corrected chi connectivity index (χ4v) is 6.15. The number of ether oxygens (including phenoxy) is 1. The summed E-state index contributed by atoms with van der Waals surface area (Å²) in [5, 5.41) is 9.84. The van der Waals surface area contributed by atoms with Crippen LogP contribution in [0.3, 0.4) is 0 Å². The molecule has 0 spiro atoms. The molecule has 1 atom stereocenters. The predicted molar refractivity (Wildman–Crippen MR) is 137 cm³/mol. The first-order chi connectivity index (χ1) is 15.8. The van der Waals surface area contributed by atoms with Gasteiger partial charge in [-0.2, -0.15) is 0 Å². The lowest BCUT2D eigenvalue weighted by Gasteiger charge is -2.35. The van der Waals surface area contributed by atoms with Crippen LogP contribution >= 0.6 is 56.8 Å². The number of amides is 1. The summed E-state index contributed by atoms with van der Waals surface area (Å²) < 4.78 is 21.5. The van der Waals surface area contributed by atoms with E-state index >= 15 is 0 Å². The molecule has 1 aliphatic heterocycles. The number of fused-ring (bicyclic) bond motifs is 1. The van der Waals surface area contributed by atoms with Gasteiger partial charge in [0.2, 0.25) is 0 Å². The molecule has 0 saturated carbocycles. The Bertz CT molecular complexity index is 1260. The SMILES string of the molecule is O=C(O)[C@@H]1Cc2cc(I)c(OCc3ccccc3F)c(I)c2CN1C(=O)c1cccnc1Cl. The molecule has 2 heterocycles. The zero-order chi connectivity index (χ0) is 23.7. The second kappa shape index (κ2) is 10.1. The summed E-state index contributed by atoms with van der Waals surface area (Å²) in [5.74, 6) is -1.39. The average Bonchev–Trinajstić information content (AvgIpc) is 2.79. The maximum Gasteiger partial charge on any atom is 0.326 e. The number of hydrogen-bond acceptors (Lipinski definition) is 4. The molecule has 170 valence electrons. The number of rotatable bonds is 5. The summed E-state index contributed by atoms with van der Waals surface area (Å²) in [5.41, 5.74) is 2.20. The van der Waals surface area contributed by atoms with Gasteiger partial charge in [0.15, 0.2) is 0 Å². The Balaban J connectivity index is 1.69. The van der Waals surface area contributed by atoms with E-state index in [9.17, 15) is 19.1 Å². The summed E-state index contributed by atoms with van der Waals surface area (Å²) in [7, 11) is 0. The van der Waals surface area contributed by atoms with Crippen LogP contribution in [-0.2, 0) is 24.4 Å². The van der Waals surface area contributed by atoms with Crippen molar-refractivity contribution in [3.05, 3.63) is 89.0 Å². The maximum absolute atomic E-state index is 14.0. The van der Waals surface area contributed by atoms with Crippen molar-refractivity contribution in [1.82, 2.24) is 9.88 Å². The highest BCUT2D eigenvalue weighted by Crippen LogP contribution is 2.38. The first kappa shape index (κ1) is 24.1. The second-order valence-corrected chi connectivity index (χ2v) is 9.95. The highest BCUT2D eigenvalue weighted by atomic mass is 127. The third-order valence-corrected chi connectivity index (χ3v) is 7.60. The number of carbonyl (C=O) groups excluding carboxylic acids is 1. The fraction of sp³-hybridized carbons (Fsp3) is 0.174. The molecule has 2 aromatic carbocycles. The van der Waals surface area contributed by atoms with Gasteiger partial charge in [-0.25, -0.2) is 14.2 Å². The van der Waals surface area contributed by atoms with E-state index in [-0.39, 0.29) is 36.1 Å². The van der Waals surface area contributed by atoms with Crippen LogP contribution in [0.1, 0.15) is 27.0 Å². The zero-order valence-corrected chi connectivity index (χ0v) is 22.0. The number of carbonyl (C=O) groups is 2. The lowest BCUT2D eigenvalue weighted by atomic mass is 9.93. The van der Waals surface area contributed by atoms with Crippen molar-refractivity contribution in [3.8, 4) is 5.75 Å². The van der Waals surface area contributed by atoms with E-state index in [1.54, 1.807) is 24.3 Å². The van der Waals surface area contributed by atoms with E-state index in [4.69, 9.17) is 16.3 Å². The Labute approximate surface area is 221 Å². The minimum atomic E-state index is -1.10. The van der Waals surface area contributed by atoms with Crippen LogP contribution in [0.5, 0.6) is 5.75 Å². The van der Waals surface area contributed by atoms with Crippen LogP contribution in [0.2, 0.25) is 5.15 Å². The molecule has 6 nitrogen and oxygen atoms in total. The van der Waals surface area contributed by atoms with Gasteiger partial charge in [0.1, 0.15) is 29.4 Å². The van der Waals surface area contributed by atoms with Gasteiger partial charge < -0.3 is 14.7 Å². The fourth-order valence-electron chi connectivity index (χ4n) is 3.67. The van der Waals surface area contributed by atoms with Crippen molar-refractivity contribution in [2.45, 2.75) is 25.6 Å². The Hall–Kier alpha value is -1.99. The molecular formula is C23H16ClFI2N2O4. The van der Waals surface area contributed by atoms with Crippen LogP contribution in [-0.4, -0.2) is 32.9 Å². The van der Waals surface area contributed by atoms with Gasteiger partial charge in [0.25, 0.3) is 5.91 Å². The number of nitrogens with zero attached hydrogens (tertiary/aromatic N) is 2. The van der Waals surface area contributed by atoms with Crippen LogP contribution in [0.25, 0.3) is 0 Å². The molecule has 4 rings (SSSR count). The smallest absolute Gasteiger partial charge is 0.326 e. The van der Waals surface area contributed by atoms with Gasteiger partial charge in [-0.05, 0) is 80.6 Å². The molecule has 3 aromatic rings. The molecule has 1 N–H and O–H groups in total. The molecule has 33 heavy (non-hydrogen) atoms. The van der Waals surface area contributed by atoms with Gasteiger partial charge in [-0.1, -0.05) is 29.8 Å². The largest absolute Gasteiger partial charge is 0.487 e. The van der Waals surface area contributed by atoms with Crippen molar-refractivity contribution in [1.29, 1.82) is 0 Å². The van der Waals surface area contributed by atoms with E-state index < -0.39 is 17.9 Å². The standard InChI is InChI=1S/C23H16ClFI2N2O4/c24-21-14(5-3-7-28-21)22(30)29-10-15-13(9-18(29)23(31)32)8-17(26)20(19(15)27)33-11-12-4-1-2-6-16(12)25/h1-8,18H,9-11H2,(H,31,32)/t18-/m0/s1. The number of aliphatic carboxylic acids is 1. The average molecular weight is 693 g/mol. The molecule has 10 heteroatoms.